The van der Waals surface area contributed by atoms with Crippen LogP contribution in [0, 0.1) is 5.92 Å². The van der Waals surface area contributed by atoms with Gasteiger partial charge in [-0.1, -0.05) is 28.1 Å². The Morgan fingerprint density at radius 2 is 1.93 bits per heavy atom. The summed E-state index contributed by atoms with van der Waals surface area (Å²) in [5.41, 5.74) is 6.55. The Balaban J connectivity index is 1.69. The molecule has 1 aliphatic heterocycles. The van der Waals surface area contributed by atoms with E-state index in [2.05, 4.69) is 25.9 Å². The molecule has 28 heavy (non-hydrogen) atoms. The molecule has 1 aromatic carbocycles. The second kappa shape index (κ2) is 6.62. The second-order valence-electron chi connectivity index (χ2n) is 8.42. The van der Waals surface area contributed by atoms with E-state index in [0.717, 1.165) is 22.9 Å². The number of hydrogen-bond donors (Lipinski definition) is 2. The van der Waals surface area contributed by atoms with Gasteiger partial charge in [0.25, 0.3) is 5.91 Å². The molecule has 3 atom stereocenters. The number of piperidine rings is 1. The van der Waals surface area contributed by atoms with Crippen molar-refractivity contribution in [1.29, 1.82) is 0 Å². The maximum atomic E-state index is 12.8. The molecule has 2 amide bonds. The summed E-state index contributed by atoms with van der Waals surface area (Å²) >= 11 is 3.41. The zero-order chi connectivity index (χ0) is 20.2. The van der Waals surface area contributed by atoms with Crippen LogP contribution in [0.4, 0.5) is 4.79 Å². The zero-order valence-corrected chi connectivity index (χ0v) is 17.6. The number of rotatable bonds is 3. The molecule has 2 aliphatic rings. The minimum Gasteiger partial charge on any atom is -0.444 e. The first-order valence-electron chi connectivity index (χ1n) is 9.31. The fourth-order valence-corrected chi connectivity index (χ4v) is 4.09. The average molecular weight is 447 g/mol. The van der Waals surface area contributed by atoms with Crippen LogP contribution in [0.15, 0.2) is 28.7 Å². The predicted octanol–water partition coefficient (Wildman–Crippen LogP) is 4.01. The Kier molecular flexibility index (Phi) is 4.49. The molecular weight excluding hydrogens is 424 g/mol. The molecule has 8 heteroatoms. The van der Waals surface area contributed by atoms with E-state index in [1.807, 2.05) is 45.0 Å². The number of nitrogens with two attached hydrogens (primary N) is 1. The van der Waals surface area contributed by atoms with Crippen LogP contribution in [-0.4, -0.2) is 38.5 Å². The number of aromatic nitrogens is 2. The topological polar surface area (TPSA) is 101 Å². The van der Waals surface area contributed by atoms with Crippen LogP contribution in [0.3, 0.4) is 0 Å². The van der Waals surface area contributed by atoms with Gasteiger partial charge in [-0.3, -0.25) is 9.69 Å². The Hall–Kier alpha value is -2.35. The first kappa shape index (κ1) is 19.0. The Bertz CT molecular complexity index is 932. The molecule has 0 radical (unpaired) electrons. The molecule has 3 N–H and O–H groups in total. The molecule has 1 saturated heterocycles. The summed E-state index contributed by atoms with van der Waals surface area (Å²) in [7, 11) is 0. The van der Waals surface area contributed by atoms with Gasteiger partial charge in [-0.15, -0.1) is 0 Å². The normalized spacial score (nSPS) is 23.4. The van der Waals surface area contributed by atoms with Gasteiger partial charge in [0.1, 0.15) is 22.8 Å². The summed E-state index contributed by atoms with van der Waals surface area (Å²) in [4.78, 5) is 34.3. The van der Waals surface area contributed by atoms with Crippen molar-refractivity contribution < 1.29 is 14.3 Å². The van der Waals surface area contributed by atoms with E-state index >= 15 is 0 Å². The maximum absolute atomic E-state index is 12.8. The fourth-order valence-electron chi connectivity index (χ4n) is 3.82. The predicted molar refractivity (Wildman–Crippen MR) is 108 cm³/mol. The minimum atomic E-state index is -0.580. The van der Waals surface area contributed by atoms with Crippen LogP contribution in [-0.2, 0) is 4.74 Å². The summed E-state index contributed by atoms with van der Waals surface area (Å²) in [6, 6.07) is 7.43. The monoisotopic (exact) mass is 446 g/mol. The molecule has 7 nitrogen and oxygen atoms in total. The van der Waals surface area contributed by atoms with Gasteiger partial charge in [-0.05, 0) is 51.7 Å². The van der Waals surface area contributed by atoms with Crippen molar-refractivity contribution in [3.63, 3.8) is 0 Å². The summed E-state index contributed by atoms with van der Waals surface area (Å²) in [5, 5.41) is 0. The van der Waals surface area contributed by atoms with Crippen LogP contribution >= 0.6 is 15.9 Å². The van der Waals surface area contributed by atoms with Crippen molar-refractivity contribution in [3.05, 3.63) is 40.3 Å². The summed E-state index contributed by atoms with van der Waals surface area (Å²) in [6.45, 7) is 5.55. The quantitative estimate of drug-likeness (QED) is 0.743. The van der Waals surface area contributed by atoms with E-state index in [9.17, 15) is 9.59 Å². The molecule has 1 aromatic heterocycles. The average Bonchev–Trinajstić information content (AvgIpc) is 3.04. The number of ether oxygens (including phenoxy) is 1. The van der Waals surface area contributed by atoms with Gasteiger partial charge >= 0.3 is 6.09 Å². The molecule has 2 heterocycles. The van der Waals surface area contributed by atoms with Gasteiger partial charge < -0.3 is 15.5 Å². The van der Waals surface area contributed by atoms with Gasteiger partial charge in [0.2, 0.25) is 0 Å². The highest BCUT2D eigenvalue weighted by Gasteiger charge is 2.56. The summed E-state index contributed by atoms with van der Waals surface area (Å²) in [5.74, 6) is 0.448. The number of hydrogen-bond acceptors (Lipinski definition) is 4. The lowest BCUT2D eigenvalue weighted by Gasteiger charge is -2.29. The third-order valence-corrected chi connectivity index (χ3v) is 5.64. The van der Waals surface area contributed by atoms with Crippen LogP contribution in [0.1, 0.15) is 56.0 Å². The molecule has 2 aromatic rings. The third kappa shape index (κ3) is 3.53. The number of H-pyrrole nitrogens is 1. The maximum Gasteiger partial charge on any atom is 0.411 e. The van der Waals surface area contributed by atoms with Gasteiger partial charge in [0.05, 0.1) is 6.04 Å². The number of nitrogens with one attached hydrogen (secondary N) is 1. The highest BCUT2D eigenvalue weighted by molar-refractivity contribution is 9.10. The van der Waals surface area contributed by atoms with E-state index < -0.39 is 11.5 Å². The Morgan fingerprint density at radius 3 is 2.54 bits per heavy atom. The van der Waals surface area contributed by atoms with Gasteiger partial charge in [0.15, 0.2) is 0 Å². The smallest absolute Gasteiger partial charge is 0.411 e. The van der Waals surface area contributed by atoms with Crippen molar-refractivity contribution in [2.24, 2.45) is 11.7 Å². The molecule has 1 aliphatic carbocycles. The van der Waals surface area contributed by atoms with Crippen molar-refractivity contribution in [1.82, 2.24) is 14.9 Å². The lowest BCUT2D eigenvalue weighted by Crippen LogP contribution is -2.38. The first-order valence-corrected chi connectivity index (χ1v) is 10.1. The number of fused-ring (bicyclic) bond motifs is 1. The second-order valence-corrected chi connectivity index (χ2v) is 9.33. The van der Waals surface area contributed by atoms with Crippen LogP contribution in [0.5, 0.6) is 0 Å². The largest absolute Gasteiger partial charge is 0.444 e. The molecule has 1 saturated carbocycles. The van der Waals surface area contributed by atoms with Crippen LogP contribution in [0.2, 0.25) is 0 Å². The van der Waals surface area contributed by atoms with Crippen LogP contribution < -0.4 is 5.73 Å². The number of amides is 2. The number of imidazole rings is 1. The minimum absolute atomic E-state index is 0.179. The van der Waals surface area contributed by atoms with E-state index in [1.54, 1.807) is 4.90 Å². The lowest BCUT2D eigenvalue weighted by molar-refractivity contribution is 0.0175. The molecule has 1 unspecified atom stereocenters. The molecule has 2 fully saturated rings. The first-order chi connectivity index (χ1) is 13.1. The van der Waals surface area contributed by atoms with Gasteiger partial charge in [-0.2, -0.15) is 0 Å². The standard InChI is InChI=1S/C20H23BrN4O3/c1-20(2,3)28-19(27)25-13-8-11(13)9-14(25)18-23-15(16(24-18)17(22)26)10-4-6-12(21)7-5-10/h4-7,11,13-14H,8-9H2,1-3H3,(H2,22,26)(H,23,24)/t11?,13-,14+/m1/s1. The molecule has 4 rings (SSSR count). The number of benzene rings is 1. The van der Waals surface area contributed by atoms with Gasteiger partial charge in [0, 0.05) is 16.1 Å². The molecule has 0 bridgehead atoms. The number of primary amides is 1. The zero-order valence-electron chi connectivity index (χ0n) is 16.0. The highest BCUT2D eigenvalue weighted by atomic mass is 79.9. The fraction of sp³-hybridized carbons (Fsp3) is 0.450. The summed E-state index contributed by atoms with van der Waals surface area (Å²) < 4.78 is 6.53. The van der Waals surface area contributed by atoms with E-state index in [-0.39, 0.29) is 23.9 Å². The van der Waals surface area contributed by atoms with Crippen LogP contribution in [0.25, 0.3) is 11.3 Å². The van der Waals surface area contributed by atoms with E-state index in [0.29, 0.717) is 17.4 Å². The SMILES string of the molecule is CC(C)(C)OC(=O)N1[C@@H]2CC2C[C@H]1c1nc(-c2ccc(Br)cc2)c(C(N)=O)[nH]1. The third-order valence-electron chi connectivity index (χ3n) is 5.11. The number of aromatic amines is 1. The lowest BCUT2D eigenvalue weighted by atomic mass is 10.1. The van der Waals surface area contributed by atoms with Crippen molar-refractivity contribution in [2.45, 2.75) is 51.3 Å². The number of likely N-dealkylation sites (tertiary alicyclic amines) is 1. The summed E-state index contributed by atoms with van der Waals surface area (Å²) in [6.07, 6.45) is 1.44. The highest BCUT2D eigenvalue weighted by Crippen LogP contribution is 2.53. The van der Waals surface area contributed by atoms with Gasteiger partial charge in [-0.25, -0.2) is 9.78 Å². The number of nitrogens with zero attached hydrogens (tertiary/aromatic N) is 2. The number of halogens is 1. The van der Waals surface area contributed by atoms with Crippen molar-refractivity contribution in [2.75, 3.05) is 0 Å². The Labute approximate surface area is 171 Å². The number of carbonyl (C=O) groups is 2. The van der Waals surface area contributed by atoms with Crippen molar-refractivity contribution >= 4 is 27.9 Å². The molecular formula is C20H23BrN4O3. The number of carbonyl (C=O) groups excluding carboxylic acids is 2. The van der Waals surface area contributed by atoms with Crippen molar-refractivity contribution in [3.8, 4) is 11.3 Å². The molecule has 0 spiro atoms. The van der Waals surface area contributed by atoms with E-state index in [1.165, 1.54) is 0 Å². The Morgan fingerprint density at radius 1 is 1.25 bits per heavy atom. The molecule has 148 valence electrons. The van der Waals surface area contributed by atoms with E-state index in [4.69, 9.17) is 10.5 Å².